The molecule has 0 unspecified atom stereocenters. The van der Waals surface area contributed by atoms with Crippen molar-refractivity contribution < 1.29 is 19.8 Å². The maximum absolute atomic E-state index is 11.0. The SMILES string of the molecule is Cc1c(C(=O)O)cc(C(C)C)cc1C(=O)O. The quantitative estimate of drug-likeness (QED) is 0.824. The Morgan fingerprint density at radius 2 is 1.44 bits per heavy atom. The molecule has 0 radical (unpaired) electrons. The van der Waals surface area contributed by atoms with E-state index in [0.29, 0.717) is 5.56 Å². The summed E-state index contributed by atoms with van der Waals surface area (Å²) in [6.45, 7) is 5.29. The van der Waals surface area contributed by atoms with Crippen molar-refractivity contribution >= 4 is 11.9 Å². The number of hydrogen-bond acceptors (Lipinski definition) is 2. The second-order valence-electron chi connectivity index (χ2n) is 4.01. The summed E-state index contributed by atoms with van der Waals surface area (Å²) in [7, 11) is 0. The first kappa shape index (κ1) is 12.2. The molecule has 1 aromatic rings. The van der Waals surface area contributed by atoms with E-state index >= 15 is 0 Å². The van der Waals surface area contributed by atoms with Gasteiger partial charge in [0.25, 0.3) is 0 Å². The van der Waals surface area contributed by atoms with Crippen molar-refractivity contribution in [3.8, 4) is 0 Å². The highest BCUT2D eigenvalue weighted by Crippen LogP contribution is 2.22. The second kappa shape index (κ2) is 4.35. The molecule has 0 aromatic heterocycles. The van der Waals surface area contributed by atoms with Gasteiger partial charge in [-0.15, -0.1) is 0 Å². The Balaban J connectivity index is 3.51. The monoisotopic (exact) mass is 222 g/mol. The van der Waals surface area contributed by atoms with Crippen molar-refractivity contribution in [2.45, 2.75) is 26.7 Å². The first-order chi connectivity index (χ1) is 7.34. The molecule has 1 aromatic carbocycles. The number of carboxylic acids is 2. The van der Waals surface area contributed by atoms with Gasteiger partial charge in [0.1, 0.15) is 0 Å². The van der Waals surface area contributed by atoms with Gasteiger partial charge < -0.3 is 10.2 Å². The van der Waals surface area contributed by atoms with Crippen LogP contribution in [0.5, 0.6) is 0 Å². The summed E-state index contributed by atoms with van der Waals surface area (Å²) in [5.74, 6) is -2.10. The van der Waals surface area contributed by atoms with Crippen LogP contribution in [-0.2, 0) is 0 Å². The molecule has 0 bridgehead atoms. The summed E-state index contributed by atoms with van der Waals surface area (Å²) in [5.41, 5.74) is 1.14. The van der Waals surface area contributed by atoms with Crippen molar-refractivity contribution in [1.29, 1.82) is 0 Å². The van der Waals surface area contributed by atoms with Gasteiger partial charge in [-0.25, -0.2) is 9.59 Å². The van der Waals surface area contributed by atoms with E-state index in [1.165, 1.54) is 19.1 Å². The molecule has 0 heterocycles. The van der Waals surface area contributed by atoms with Crippen molar-refractivity contribution in [3.05, 3.63) is 34.4 Å². The lowest BCUT2D eigenvalue weighted by molar-refractivity contribution is 0.0696. The van der Waals surface area contributed by atoms with Crippen LogP contribution < -0.4 is 0 Å². The van der Waals surface area contributed by atoms with Gasteiger partial charge >= 0.3 is 11.9 Å². The molecule has 0 saturated heterocycles. The topological polar surface area (TPSA) is 74.6 Å². The maximum atomic E-state index is 11.0. The molecule has 86 valence electrons. The molecular weight excluding hydrogens is 208 g/mol. The molecule has 1 rings (SSSR count). The van der Waals surface area contributed by atoms with E-state index in [0.717, 1.165) is 5.56 Å². The van der Waals surface area contributed by atoms with Gasteiger partial charge in [-0.3, -0.25) is 0 Å². The van der Waals surface area contributed by atoms with E-state index < -0.39 is 11.9 Å². The molecule has 0 aliphatic rings. The zero-order valence-corrected chi connectivity index (χ0v) is 9.44. The van der Waals surface area contributed by atoms with Gasteiger partial charge in [-0.05, 0) is 36.1 Å². The highest BCUT2D eigenvalue weighted by molar-refractivity contribution is 5.96. The lowest BCUT2D eigenvalue weighted by Crippen LogP contribution is -2.09. The van der Waals surface area contributed by atoms with E-state index in [9.17, 15) is 9.59 Å². The minimum atomic E-state index is -1.09. The van der Waals surface area contributed by atoms with Crippen molar-refractivity contribution in [2.24, 2.45) is 0 Å². The fraction of sp³-hybridized carbons (Fsp3) is 0.333. The van der Waals surface area contributed by atoms with E-state index in [4.69, 9.17) is 10.2 Å². The van der Waals surface area contributed by atoms with Crippen LogP contribution in [0.25, 0.3) is 0 Å². The van der Waals surface area contributed by atoms with Crippen LogP contribution >= 0.6 is 0 Å². The van der Waals surface area contributed by atoms with Crippen LogP contribution in [0.3, 0.4) is 0 Å². The smallest absolute Gasteiger partial charge is 0.335 e. The number of carbonyl (C=O) groups is 2. The van der Waals surface area contributed by atoms with Gasteiger partial charge in [0.15, 0.2) is 0 Å². The fourth-order valence-electron chi connectivity index (χ4n) is 1.51. The summed E-state index contributed by atoms with van der Waals surface area (Å²) in [6, 6.07) is 3.07. The summed E-state index contributed by atoms with van der Waals surface area (Å²) >= 11 is 0. The summed E-state index contributed by atoms with van der Waals surface area (Å²) in [4.78, 5) is 22.0. The zero-order valence-electron chi connectivity index (χ0n) is 9.44. The first-order valence-electron chi connectivity index (χ1n) is 4.95. The largest absolute Gasteiger partial charge is 0.478 e. The molecule has 4 nitrogen and oxygen atoms in total. The Hall–Kier alpha value is -1.84. The Morgan fingerprint density at radius 3 is 1.69 bits per heavy atom. The van der Waals surface area contributed by atoms with Gasteiger partial charge in [-0.1, -0.05) is 13.8 Å². The van der Waals surface area contributed by atoms with E-state index in [2.05, 4.69) is 0 Å². The number of hydrogen-bond donors (Lipinski definition) is 2. The molecule has 0 aliphatic carbocycles. The van der Waals surface area contributed by atoms with Crippen LogP contribution in [0.4, 0.5) is 0 Å². The molecule has 16 heavy (non-hydrogen) atoms. The lowest BCUT2D eigenvalue weighted by atomic mass is 9.93. The first-order valence-corrected chi connectivity index (χ1v) is 4.95. The minimum absolute atomic E-state index is 0.0589. The predicted molar refractivity (Wildman–Crippen MR) is 59.2 cm³/mol. The molecule has 0 fully saturated rings. The summed E-state index contributed by atoms with van der Waals surface area (Å²) in [5, 5.41) is 18.0. The van der Waals surface area contributed by atoms with Gasteiger partial charge in [0.05, 0.1) is 11.1 Å². The Morgan fingerprint density at radius 1 is 1.06 bits per heavy atom. The fourth-order valence-corrected chi connectivity index (χ4v) is 1.51. The number of aromatic carboxylic acids is 2. The molecular formula is C12H14O4. The maximum Gasteiger partial charge on any atom is 0.335 e. The highest BCUT2D eigenvalue weighted by atomic mass is 16.4. The molecule has 2 N–H and O–H groups in total. The third kappa shape index (κ3) is 2.21. The number of rotatable bonds is 3. The van der Waals surface area contributed by atoms with Crippen molar-refractivity contribution in [1.82, 2.24) is 0 Å². The summed E-state index contributed by atoms with van der Waals surface area (Å²) in [6.07, 6.45) is 0. The van der Waals surface area contributed by atoms with Crippen LogP contribution in [0.2, 0.25) is 0 Å². The van der Waals surface area contributed by atoms with Crippen molar-refractivity contribution in [2.75, 3.05) is 0 Å². The van der Waals surface area contributed by atoms with Gasteiger partial charge in [-0.2, -0.15) is 0 Å². The van der Waals surface area contributed by atoms with E-state index in [1.807, 2.05) is 13.8 Å². The van der Waals surface area contributed by atoms with Crippen LogP contribution in [0.1, 0.15) is 51.6 Å². The predicted octanol–water partition coefficient (Wildman–Crippen LogP) is 2.51. The Bertz CT molecular complexity index is 411. The van der Waals surface area contributed by atoms with Crippen LogP contribution in [0, 0.1) is 6.92 Å². The standard InChI is InChI=1S/C12H14O4/c1-6(2)8-4-9(11(13)14)7(3)10(5-8)12(15)16/h4-6H,1-3H3,(H,13,14)(H,15,16). The molecule has 0 spiro atoms. The number of benzene rings is 1. The van der Waals surface area contributed by atoms with Crippen LogP contribution in [-0.4, -0.2) is 22.2 Å². The second-order valence-corrected chi connectivity index (χ2v) is 4.01. The lowest BCUT2D eigenvalue weighted by Gasteiger charge is -2.11. The third-order valence-corrected chi connectivity index (χ3v) is 2.56. The average Bonchev–Trinajstić information content (AvgIpc) is 2.16. The molecule has 0 aliphatic heterocycles. The summed E-state index contributed by atoms with van der Waals surface area (Å²) < 4.78 is 0. The van der Waals surface area contributed by atoms with Crippen molar-refractivity contribution in [3.63, 3.8) is 0 Å². The van der Waals surface area contributed by atoms with E-state index in [1.54, 1.807) is 0 Å². The molecule has 4 heteroatoms. The Labute approximate surface area is 93.5 Å². The molecule has 0 amide bonds. The van der Waals surface area contributed by atoms with Crippen LogP contribution in [0.15, 0.2) is 12.1 Å². The van der Waals surface area contributed by atoms with Gasteiger partial charge in [0, 0.05) is 0 Å². The average molecular weight is 222 g/mol. The zero-order chi connectivity index (χ0) is 12.5. The molecule has 0 atom stereocenters. The third-order valence-electron chi connectivity index (χ3n) is 2.56. The Kier molecular flexibility index (Phi) is 3.32. The van der Waals surface area contributed by atoms with Gasteiger partial charge in [0.2, 0.25) is 0 Å². The number of carboxylic acid groups (broad SMARTS) is 2. The minimum Gasteiger partial charge on any atom is -0.478 e. The normalized spacial score (nSPS) is 10.5. The molecule has 0 saturated carbocycles. The highest BCUT2D eigenvalue weighted by Gasteiger charge is 2.17. The van der Waals surface area contributed by atoms with E-state index in [-0.39, 0.29) is 17.0 Å².